The number of amides is 2. The standard InChI is InChI=1S/C27H31F3N8O2/c28-27(29,30)25-22(16-34-35-26(25)40)38-17-19-3-1-2-4-20(19)21(38)15-32-8-7-24(39)37-11-9-36(10-12-37)23-6-5-18(13-31)14-33-23/h1-6,14,21-22,25,32,34H,7-12,15-17H2,(H,35,40)/t21-,22?,25?/m1/s1. The summed E-state index contributed by atoms with van der Waals surface area (Å²) in [5, 5.41) is 12.2. The molecule has 2 unspecified atom stereocenters. The van der Waals surface area contributed by atoms with Crippen molar-refractivity contribution in [2.24, 2.45) is 5.92 Å². The number of rotatable bonds is 7. The number of hydrogen-bond acceptors (Lipinski definition) is 8. The first-order chi connectivity index (χ1) is 19.3. The molecule has 10 nitrogen and oxygen atoms in total. The molecule has 0 radical (unpaired) electrons. The van der Waals surface area contributed by atoms with Gasteiger partial charge in [0, 0.05) is 77.1 Å². The molecule has 2 aromatic rings. The Labute approximate surface area is 230 Å². The fourth-order valence-electron chi connectivity index (χ4n) is 5.77. The van der Waals surface area contributed by atoms with Gasteiger partial charge in [0.2, 0.25) is 11.8 Å². The number of nitriles is 1. The molecule has 13 heteroatoms. The molecule has 2 saturated heterocycles. The van der Waals surface area contributed by atoms with Crippen molar-refractivity contribution in [3.05, 3.63) is 59.3 Å². The molecule has 2 amide bonds. The topological polar surface area (TPSA) is 117 Å². The van der Waals surface area contributed by atoms with E-state index < -0.39 is 24.0 Å². The lowest BCUT2D eigenvalue weighted by Gasteiger charge is -2.41. The van der Waals surface area contributed by atoms with E-state index in [9.17, 15) is 22.8 Å². The molecular formula is C27H31F3N8O2. The van der Waals surface area contributed by atoms with Crippen LogP contribution >= 0.6 is 0 Å². The molecule has 0 saturated carbocycles. The van der Waals surface area contributed by atoms with Crippen LogP contribution in [0.25, 0.3) is 0 Å². The van der Waals surface area contributed by atoms with Gasteiger partial charge in [-0.1, -0.05) is 24.3 Å². The predicted molar refractivity (Wildman–Crippen MR) is 139 cm³/mol. The third-order valence-corrected chi connectivity index (χ3v) is 7.82. The molecule has 40 heavy (non-hydrogen) atoms. The van der Waals surface area contributed by atoms with Crippen molar-refractivity contribution in [2.75, 3.05) is 50.7 Å². The molecule has 1 aromatic carbocycles. The predicted octanol–water partition coefficient (Wildman–Crippen LogP) is 1.32. The van der Waals surface area contributed by atoms with Gasteiger partial charge in [0.1, 0.15) is 11.9 Å². The fraction of sp³-hybridized carbons (Fsp3) is 0.481. The van der Waals surface area contributed by atoms with Crippen molar-refractivity contribution in [3.63, 3.8) is 0 Å². The number of hydrogen-bond donors (Lipinski definition) is 3. The van der Waals surface area contributed by atoms with E-state index in [4.69, 9.17) is 5.26 Å². The van der Waals surface area contributed by atoms with E-state index in [1.165, 1.54) is 6.20 Å². The van der Waals surface area contributed by atoms with Crippen molar-refractivity contribution in [1.82, 2.24) is 31.0 Å². The van der Waals surface area contributed by atoms with Gasteiger partial charge < -0.3 is 15.1 Å². The number of halogens is 3. The maximum Gasteiger partial charge on any atom is 0.402 e. The zero-order valence-electron chi connectivity index (χ0n) is 21.8. The summed E-state index contributed by atoms with van der Waals surface area (Å²) < 4.78 is 41.7. The Kier molecular flexibility index (Phi) is 8.20. The number of carbonyl (C=O) groups excluding carboxylic acids is 2. The van der Waals surface area contributed by atoms with Crippen LogP contribution in [-0.4, -0.2) is 84.6 Å². The number of hydrazine groups is 1. The Bertz CT molecular complexity index is 1260. The average Bonchev–Trinajstić information content (AvgIpc) is 3.33. The highest BCUT2D eigenvalue weighted by Gasteiger charge is 2.54. The number of piperazine rings is 1. The van der Waals surface area contributed by atoms with Crippen molar-refractivity contribution < 1.29 is 22.8 Å². The second kappa shape index (κ2) is 11.8. The Hall–Kier alpha value is -3.73. The molecule has 0 bridgehead atoms. The van der Waals surface area contributed by atoms with Crippen LogP contribution in [-0.2, 0) is 16.1 Å². The SMILES string of the molecule is N#Cc1ccc(N2CCN(C(=O)CCNC[C@@H]3c4ccccc4CN3C3CNNC(=O)C3C(F)(F)F)CC2)nc1. The summed E-state index contributed by atoms with van der Waals surface area (Å²) in [5.74, 6) is -2.43. The van der Waals surface area contributed by atoms with E-state index in [1.807, 2.05) is 30.3 Å². The quantitative estimate of drug-likeness (QED) is 0.438. The molecule has 5 rings (SSSR count). The second-order valence-corrected chi connectivity index (χ2v) is 10.2. The maximum absolute atomic E-state index is 13.9. The molecule has 4 heterocycles. The third-order valence-electron chi connectivity index (χ3n) is 7.82. The van der Waals surface area contributed by atoms with Gasteiger partial charge in [0.15, 0.2) is 5.92 Å². The molecule has 3 N–H and O–H groups in total. The van der Waals surface area contributed by atoms with Gasteiger partial charge in [-0.25, -0.2) is 10.4 Å². The molecule has 0 aliphatic carbocycles. The smallest absolute Gasteiger partial charge is 0.353 e. The molecule has 212 valence electrons. The number of anilines is 1. The lowest BCUT2D eigenvalue weighted by molar-refractivity contribution is -0.202. The summed E-state index contributed by atoms with van der Waals surface area (Å²) in [7, 11) is 0. The summed E-state index contributed by atoms with van der Waals surface area (Å²) >= 11 is 0. The summed E-state index contributed by atoms with van der Waals surface area (Å²) in [6.07, 6.45) is -2.87. The van der Waals surface area contributed by atoms with Gasteiger partial charge in [-0.05, 0) is 23.3 Å². The van der Waals surface area contributed by atoms with Gasteiger partial charge in [-0.2, -0.15) is 18.4 Å². The molecule has 2 fully saturated rings. The summed E-state index contributed by atoms with van der Waals surface area (Å²) in [4.78, 5) is 35.0. The van der Waals surface area contributed by atoms with Gasteiger partial charge in [0.25, 0.3) is 0 Å². The normalized spacial score (nSPS) is 23.4. The van der Waals surface area contributed by atoms with Crippen molar-refractivity contribution >= 4 is 17.6 Å². The second-order valence-electron chi connectivity index (χ2n) is 10.2. The van der Waals surface area contributed by atoms with Crippen LogP contribution in [0.3, 0.4) is 0 Å². The van der Waals surface area contributed by atoms with Crippen LogP contribution < -0.4 is 21.1 Å². The number of nitrogens with one attached hydrogen (secondary N) is 3. The van der Waals surface area contributed by atoms with Crippen LogP contribution in [0, 0.1) is 17.2 Å². The van der Waals surface area contributed by atoms with Crippen molar-refractivity contribution in [2.45, 2.75) is 31.2 Å². The number of pyridine rings is 1. The number of carbonyl (C=O) groups is 2. The largest absolute Gasteiger partial charge is 0.402 e. The summed E-state index contributed by atoms with van der Waals surface area (Å²) in [5.41, 5.74) is 7.11. The zero-order chi connectivity index (χ0) is 28.3. The molecule has 0 spiro atoms. The van der Waals surface area contributed by atoms with Gasteiger partial charge in [-0.3, -0.25) is 19.9 Å². The van der Waals surface area contributed by atoms with Crippen LogP contribution in [0.1, 0.15) is 29.2 Å². The number of alkyl halides is 3. The first-order valence-corrected chi connectivity index (χ1v) is 13.3. The molecule has 3 aliphatic rings. The van der Waals surface area contributed by atoms with Gasteiger partial charge >= 0.3 is 6.18 Å². The highest BCUT2D eigenvalue weighted by molar-refractivity contribution is 5.80. The zero-order valence-corrected chi connectivity index (χ0v) is 21.8. The van der Waals surface area contributed by atoms with Crippen LogP contribution in [0.15, 0.2) is 42.6 Å². The van der Waals surface area contributed by atoms with E-state index in [-0.39, 0.29) is 24.9 Å². The number of benzene rings is 1. The first-order valence-electron chi connectivity index (χ1n) is 13.3. The van der Waals surface area contributed by atoms with Crippen LogP contribution in [0.2, 0.25) is 0 Å². The van der Waals surface area contributed by atoms with E-state index >= 15 is 0 Å². The van der Waals surface area contributed by atoms with E-state index in [1.54, 1.807) is 21.9 Å². The molecular weight excluding hydrogens is 525 g/mol. The minimum atomic E-state index is -4.67. The molecule has 3 aliphatic heterocycles. The first kappa shape index (κ1) is 27.8. The molecule has 1 aromatic heterocycles. The third kappa shape index (κ3) is 5.89. The monoisotopic (exact) mass is 556 g/mol. The number of fused-ring (bicyclic) bond motifs is 1. The lowest BCUT2D eigenvalue weighted by Crippen LogP contribution is -2.64. The lowest BCUT2D eigenvalue weighted by atomic mass is 9.94. The van der Waals surface area contributed by atoms with E-state index in [0.717, 1.165) is 16.9 Å². The maximum atomic E-state index is 13.9. The number of nitrogens with zero attached hydrogens (tertiary/aromatic N) is 5. The number of aromatic nitrogens is 1. The van der Waals surface area contributed by atoms with Crippen molar-refractivity contribution in [3.8, 4) is 6.07 Å². The Morgan fingerprint density at radius 3 is 2.62 bits per heavy atom. The van der Waals surface area contributed by atoms with Crippen LogP contribution in [0.4, 0.5) is 19.0 Å². The summed E-state index contributed by atoms with van der Waals surface area (Å²) in [6, 6.07) is 11.7. The molecule has 3 atom stereocenters. The fourth-order valence-corrected chi connectivity index (χ4v) is 5.77. The van der Waals surface area contributed by atoms with Gasteiger partial charge in [-0.15, -0.1) is 0 Å². The van der Waals surface area contributed by atoms with E-state index in [0.29, 0.717) is 51.4 Å². The average molecular weight is 557 g/mol. The van der Waals surface area contributed by atoms with Crippen molar-refractivity contribution in [1.29, 1.82) is 5.26 Å². The highest BCUT2D eigenvalue weighted by Crippen LogP contribution is 2.40. The Morgan fingerprint density at radius 1 is 1.15 bits per heavy atom. The Balaban J connectivity index is 1.15. The Morgan fingerprint density at radius 2 is 1.93 bits per heavy atom. The minimum absolute atomic E-state index is 0.00824. The van der Waals surface area contributed by atoms with E-state index in [2.05, 4.69) is 26.1 Å². The summed E-state index contributed by atoms with van der Waals surface area (Å²) in [6.45, 7) is 3.40. The van der Waals surface area contributed by atoms with Gasteiger partial charge in [0.05, 0.1) is 5.56 Å². The van der Waals surface area contributed by atoms with Crippen LogP contribution in [0.5, 0.6) is 0 Å². The minimum Gasteiger partial charge on any atom is -0.353 e. The highest BCUT2D eigenvalue weighted by atomic mass is 19.4.